The highest BCUT2D eigenvalue weighted by molar-refractivity contribution is 5.35. The van der Waals surface area contributed by atoms with Crippen molar-refractivity contribution >= 4 is 0 Å². The van der Waals surface area contributed by atoms with E-state index in [0.717, 1.165) is 18.7 Å². The molecule has 1 N–H and O–H groups in total. The molecule has 1 aromatic carbocycles. The van der Waals surface area contributed by atoms with E-state index in [1.165, 1.54) is 17.5 Å². The van der Waals surface area contributed by atoms with E-state index in [9.17, 15) is 0 Å². The van der Waals surface area contributed by atoms with Gasteiger partial charge in [-0.3, -0.25) is 0 Å². The van der Waals surface area contributed by atoms with Gasteiger partial charge in [0.2, 0.25) is 11.8 Å². The molecule has 4 nitrogen and oxygen atoms in total. The second-order valence-corrected chi connectivity index (χ2v) is 6.78. The molecule has 112 valence electrons. The Bertz CT molecular complexity index is 612. The molecular formula is C17H23N3O. The fourth-order valence-corrected chi connectivity index (χ4v) is 2.83. The number of aryl methyl sites for hydroxylation is 1. The molecule has 0 amide bonds. The van der Waals surface area contributed by atoms with Crippen LogP contribution in [0.25, 0.3) is 0 Å². The van der Waals surface area contributed by atoms with Gasteiger partial charge in [-0.25, -0.2) is 0 Å². The van der Waals surface area contributed by atoms with Gasteiger partial charge >= 0.3 is 0 Å². The van der Waals surface area contributed by atoms with Crippen LogP contribution < -0.4 is 5.32 Å². The van der Waals surface area contributed by atoms with Gasteiger partial charge in [-0.1, -0.05) is 24.3 Å². The molecule has 3 rings (SSSR count). The van der Waals surface area contributed by atoms with Crippen molar-refractivity contribution in [3.63, 3.8) is 0 Å². The Morgan fingerprint density at radius 1 is 1.24 bits per heavy atom. The summed E-state index contributed by atoms with van der Waals surface area (Å²) in [5.41, 5.74) is 2.82. The van der Waals surface area contributed by atoms with Crippen LogP contribution in [0.4, 0.5) is 0 Å². The largest absolute Gasteiger partial charge is 0.423 e. The molecule has 0 bridgehead atoms. The Labute approximate surface area is 126 Å². The monoisotopic (exact) mass is 285 g/mol. The van der Waals surface area contributed by atoms with Crippen LogP contribution in [0.5, 0.6) is 0 Å². The third kappa shape index (κ3) is 3.32. The lowest BCUT2D eigenvalue weighted by Crippen LogP contribution is -2.35. The van der Waals surface area contributed by atoms with Crippen molar-refractivity contribution < 1.29 is 4.42 Å². The minimum absolute atomic E-state index is 0.0477. The van der Waals surface area contributed by atoms with Gasteiger partial charge in [0.25, 0.3) is 0 Å². The van der Waals surface area contributed by atoms with Crippen LogP contribution in [0, 0.1) is 0 Å². The van der Waals surface area contributed by atoms with E-state index in [1.807, 2.05) is 0 Å². The second kappa shape index (κ2) is 5.60. The van der Waals surface area contributed by atoms with Crippen molar-refractivity contribution in [2.45, 2.75) is 58.0 Å². The fourth-order valence-electron chi connectivity index (χ4n) is 2.83. The molecule has 0 spiro atoms. The number of hydrogen-bond donors (Lipinski definition) is 1. The van der Waals surface area contributed by atoms with Crippen LogP contribution in [-0.4, -0.2) is 15.7 Å². The Morgan fingerprint density at radius 2 is 2.05 bits per heavy atom. The molecule has 1 aliphatic rings. The molecule has 0 aliphatic heterocycles. The van der Waals surface area contributed by atoms with Gasteiger partial charge in [-0.2, -0.15) is 0 Å². The van der Waals surface area contributed by atoms with Crippen molar-refractivity contribution in [1.82, 2.24) is 15.5 Å². The summed E-state index contributed by atoms with van der Waals surface area (Å²) < 4.78 is 5.89. The van der Waals surface area contributed by atoms with E-state index in [0.29, 0.717) is 12.4 Å². The maximum atomic E-state index is 5.89. The first-order valence-corrected chi connectivity index (χ1v) is 7.68. The molecule has 1 atom stereocenters. The summed E-state index contributed by atoms with van der Waals surface area (Å²) in [5, 5.41) is 11.8. The van der Waals surface area contributed by atoms with Gasteiger partial charge in [-0.05, 0) is 51.2 Å². The highest BCUT2D eigenvalue weighted by Gasteiger charge is 2.26. The lowest BCUT2D eigenvalue weighted by Gasteiger charge is -2.22. The zero-order valence-electron chi connectivity index (χ0n) is 13.0. The summed E-state index contributed by atoms with van der Waals surface area (Å²) in [4.78, 5) is 0. The summed E-state index contributed by atoms with van der Waals surface area (Å²) in [6.45, 7) is 7.00. The predicted molar refractivity (Wildman–Crippen MR) is 82.1 cm³/mol. The highest BCUT2D eigenvalue weighted by Crippen LogP contribution is 2.35. The molecule has 0 saturated heterocycles. The summed E-state index contributed by atoms with van der Waals surface area (Å²) in [7, 11) is 0. The van der Waals surface area contributed by atoms with Gasteiger partial charge in [0, 0.05) is 5.54 Å². The lowest BCUT2D eigenvalue weighted by molar-refractivity contribution is 0.361. The maximum absolute atomic E-state index is 5.89. The van der Waals surface area contributed by atoms with Crippen molar-refractivity contribution in [2.75, 3.05) is 0 Å². The number of rotatable bonds is 3. The zero-order chi connectivity index (χ0) is 14.9. The number of nitrogens with one attached hydrogen (secondary N) is 1. The third-order valence-electron chi connectivity index (χ3n) is 3.92. The molecule has 0 fully saturated rings. The normalized spacial score (nSPS) is 18.5. The molecule has 2 aromatic rings. The minimum atomic E-state index is 0.0477. The molecule has 4 heteroatoms. The quantitative estimate of drug-likeness (QED) is 0.938. The number of hydrogen-bond acceptors (Lipinski definition) is 4. The Kier molecular flexibility index (Phi) is 3.81. The van der Waals surface area contributed by atoms with Crippen LogP contribution in [0.3, 0.4) is 0 Å². The topological polar surface area (TPSA) is 51.0 Å². The molecular weight excluding hydrogens is 262 g/mol. The van der Waals surface area contributed by atoms with Crippen LogP contribution in [0.2, 0.25) is 0 Å². The Morgan fingerprint density at radius 3 is 2.86 bits per heavy atom. The van der Waals surface area contributed by atoms with Crippen molar-refractivity contribution in [1.29, 1.82) is 0 Å². The van der Waals surface area contributed by atoms with E-state index < -0.39 is 0 Å². The standard InChI is InChI=1S/C17H23N3O/c1-17(2,3)18-11-15-19-20-16(21-15)14-10-6-8-12-7-4-5-9-13(12)14/h4-5,7,9,14,18H,6,8,10-11H2,1-3H3. The summed E-state index contributed by atoms with van der Waals surface area (Å²) in [5.74, 6) is 1.68. The first-order valence-electron chi connectivity index (χ1n) is 7.68. The first kappa shape index (κ1) is 14.3. The van der Waals surface area contributed by atoms with E-state index in [4.69, 9.17) is 4.42 Å². The number of fused-ring (bicyclic) bond motifs is 1. The maximum Gasteiger partial charge on any atom is 0.230 e. The number of nitrogens with zero attached hydrogens (tertiary/aromatic N) is 2. The van der Waals surface area contributed by atoms with E-state index >= 15 is 0 Å². The van der Waals surface area contributed by atoms with Crippen molar-refractivity contribution in [3.8, 4) is 0 Å². The average molecular weight is 285 g/mol. The van der Waals surface area contributed by atoms with Crippen LogP contribution in [0.15, 0.2) is 28.7 Å². The van der Waals surface area contributed by atoms with E-state index in [-0.39, 0.29) is 11.5 Å². The Hall–Kier alpha value is -1.68. The van der Waals surface area contributed by atoms with Gasteiger partial charge < -0.3 is 9.73 Å². The molecule has 1 unspecified atom stereocenters. The smallest absolute Gasteiger partial charge is 0.230 e. The van der Waals surface area contributed by atoms with Crippen LogP contribution in [-0.2, 0) is 13.0 Å². The third-order valence-corrected chi connectivity index (χ3v) is 3.92. The van der Waals surface area contributed by atoms with Crippen LogP contribution >= 0.6 is 0 Å². The van der Waals surface area contributed by atoms with Gasteiger partial charge in [0.1, 0.15) is 0 Å². The molecule has 1 aromatic heterocycles. The van der Waals surface area contributed by atoms with Gasteiger partial charge in [0.05, 0.1) is 12.5 Å². The van der Waals surface area contributed by atoms with E-state index in [2.05, 4.69) is 60.6 Å². The van der Waals surface area contributed by atoms with Gasteiger partial charge in [0.15, 0.2) is 0 Å². The summed E-state index contributed by atoms with van der Waals surface area (Å²) in [6.07, 6.45) is 3.42. The number of aromatic nitrogens is 2. The van der Waals surface area contributed by atoms with Gasteiger partial charge in [-0.15, -0.1) is 10.2 Å². The van der Waals surface area contributed by atoms with Crippen LogP contribution in [0.1, 0.15) is 62.4 Å². The molecule has 0 radical (unpaired) electrons. The first-order chi connectivity index (χ1) is 10.0. The summed E-state index contributed by atoms with van der Waals surface area (Å²) in [6, 6.07) is 8.60. The molecule has 1 aliphatic carbocycles. The zero-order valence-corrected chi connectivity index (χ0v) is 13.0. The van der Waals surface area contributed by atoms with Crippen molar-refractivity contribution in [2.24, 2.45) is 0 Å². The fraction of sp³-hybridized carbons (Fsp3) is 0.529. The highest BCUT2D eigenvalue weighted by atomic mass is 16.4. The molecule has 0 saturated carbocycles. The van der Waals surface area contributed by atoms with Crippen molar-refractivity contribution in [3.05, 3.63) is 47.2 Å². The predicted octanol–water partition coefficient (Wildman–Crippen LogP) is 3.43. The summed E-state index contributed by atoms with van der Waals surface area (Å²) >= 11 is 0. The number of benzene rings is 1. The average Bonchev–Trinajstić information content (AvgIpc) is 2.92. The molecule has 1 heterocycles. The SMILES string of the molecule is CC(C)(C)NCc1nnc(C2CCCc3ccccc32)o1. The van der Waals surface area contributed by atoms with E-state index in [1.54, 1.807) is 0 Å². The second-order valence-electron chi connectivity index (χ2n) is 6.78. The minimum Gasteiger partial charge on any atom is -0.423 e. The molecule has 21 heavy (non-hydrogen) atoms. The Balaban J connectivity index is 1.78. The lowest BCUT2D eigenvalue weighted by atomic mass is 9.83.